The number of hydrogen-bond acceptors (Lipinski definition) is 4. The Balaban J connectivity index is 1.55. The lowest BCUT2D eigenvalue weighted by molar-refractivity contribution is 0.180. The molecule has 31 heavy (non-hydrogen) atoms. The third kappa shape index (κ3) is 6.86. The van der Waals surface area contributed by atoms with Gasteiger partial charge in [-0.1, -0.05) is 24.3 Å². The number of ether oxygens (including phenoxy) is 1. The van der Waals surface area contributed by atoms with Crippen LogP contribution in [-0.4, -0.2) is 40.0 Å². The van der Waals surface area contributed by atoms with E-state index in [0.29, 0.717) is 19.0 Å². The zero-order valence-corrected chi connectivity index (χ0v) is 18.3. The molecule has 3 rings (SSSR count). The normalized spacial score (nSPS) is 12.6. The van der Waals surface area contributed by atoms with E-state index in [1.807, 2.05) is 86.2 Å². The summed E-state index contributed by atoms with van der Waals surface area (Å²) in [6.45, 7) is 7.62. The topological polar surface area (TPSA) is 83.7 Å². The lowest BCUT2D eigenvalue weighted by Crippen LogP contribution is -2.39. The lowest BCUT2D eigenvalue weighted by Gasteiger charge is -2.16. The Bertz CT molecular complexity index is 935. The Morgan fingerprint density at radius 3 is 2.45 bits per heavy atom. The summed E-state index contributed by atoms with van der Waals surface area (Å²) >= 11 is 0. The largest absolute Gasteiger partial charge is 0.491 e. The summed E-state index contributed by atoms with van der Waals surface area (Å²) in [4.78, 5) is 4.63. The summed E-state index contributed by atoms with van der Waals surface area (Å²) < 4.78 is 7.47. The minimum atomic E-state index is -0.648. The van der Waals surface area contributed by atoms with Crippen molar-refractivity contribution >= 4 is 5.96 Å². The van der Waals surface area contributed by atoms with Crippen LogP contribution in [0.25, 0.3) is 5.69 Å². The molecule has 0 saturated carbocycles. The fourth-order valence-corrected chi connectivity index (χ4v) is 3.04. The molecule has 3 aromatic rings. The molecule has 0 aliphatic rings. The fraction of sp³-hybridized carbons (Fsp3) is 0.333. The number of aliphatic hydroxyl groups is 1. The van der Waals surface area contributed by atoms with Crippen LogP contribution >= 0.6 is 0 Å². The number of nitrogens with zero attached hydrogens (tertiary/aromatic N) is 3. The summed E-state index contributed by atoms with van der Waals surface area (Å²) in [5.74, 6) is 1.46. The fourth-order valence-electron chi connectivity index (χ4n) is 3.04. The number of guanidine groups is 1. The highest BCUT2D eigenvalue weighted by Crippen LogP contribution is 2.18. The predicted molar refractivity (Wildman–Crippen MR) is 124 cm³/mol. The maximum Gasteiger partial charge on any atom is 0.191 e. The van der Waals surface area contributed by atoms with E-state index < -0.39 is 6.10 Å². The number of nitrogens with one attached hydrogen (secondary N) is 2. The van der Waals surface area contributed by atoms with Gasteiger partial charge in [0.05, 0.1) is 24.4 Å². The minimum Gasteiger partial charge on any atom is -0.491 e. The quantitative estimate of drug-likeness (QED) is 0.364. The zero-order chi connectivity index (χ0) is 22.1. The van der Waals surface area contributed by atoms with E-state index in [1.165, 1.54) is 0 Å². The molecule has 0 saturated heterocycles. The maximum absolute atomic E-state index is 10.5. The highest BCUT2D eigenvalue weighted by Gasteiger charge is 2.09. The van der Waals surface area contributed by atoms with Gasteiger partial charge >= 0.3 is 0 Å². The van der Waals surface area contributed by atoms with Crippen molar-refractivity contribution in [2.75, 3.05) is 13.1 Å². The van der Waals surface area contributed by atoms with E-state index in [9.17, 15) is 5.11 Å². The molecule has 7 nitrogen and oxygen atoms in total. The Kier molecular flexibility index (Phi) is 8.06. The van der Waals surface area contributed by atoms with Crippen molar-refractivity contribution in [1.82, 2.24) is 20.4 Å². The molecular weight excluding hydrogens is 390 g/mol. The Hall–Kier alpha value is -3.32. The maximum atomic E-state index is 10.5. The standard InChI is InChI=1S/C24H31N5O2/c1-4-25-24(26-16-19-6-10-21(11-7-19)29-15-5-14-28-29)27-17-23(30)20-8-12-22(13-9-20)31-18(2)3/h5-15,18,23,30H,4,16-17H2,1-3H3,(H2,25,26,27). The third-order valence-corrected chi connectivity index (χ3v) is 4.57. The van der Waals surface area contributed by atoms with E-state index in [1.54, 1.807) is 6.20 Å². The van der Waals surface area contributed by atoms with Crippen LogP contribution in [0.4, 0.5) is 0 Å². The van der Waals surface area contributed by atoms with Gasteiger partial charge < -0.3 is 20.5 Å². The lowest BCUT2D eigenvalue weighted by atomic mass is 10.1. The average Bonchev–Trinajstić information content (AvgIpc) is 3.31. The molecule has 1 unspecified atom stereocenters. The second-order valence-electron chi connectivity index (χ2n) is 7.44. The Morgan fingerprint density at radius 1 is 1.10 bits per heavy atom. The molecule has 1 atom stereocenters. The highest BCUT2D eigenvalue weighted by atomic mass is 16.5. The molecule has 0 aliphatic carbocycles. The molecule has 0 bridgehead atoms. The van der Waals surface area contributed by atoms with Gasteiger partial charge in [-0.3, -0.25) is 0 Å². The molecule has 0 fully saturated rings. The summed E-state index contributed by atoms with van der Waals surface area (Å²) in [5.41, 5.74) is 2.93. The molecule has 0 amide bonds. The molecule has 1 heterocycles. The van der Waals surface area contributed by atoms with Gasteiger partial charge in [-0.15, -0.1) is 0 Å². The Labute approximate surface area is 183 Å². The van der Waals surface area contributed by atoms with Crippen molar-refractivity contribution in [3.8, 4) is 11.4 Å². The van der Waals surface area contributed by atoms with Crippen molar-refractivity contribution in [2.45, 2.75) is 39.5 Å². The average molecular weight is 422 g/mol. The number of aliphatic imine (C=N–C) groups is 1. The van der Waals surface area contributed by atoms with Crippen LogP contribution in [0.1, 0.15) is 38.0 Å². The van der Waals surface area contributed by atoms with E-state index in [2.05, 4.69) is 20.7 Å². The number of aromatic nitrogens is 2. The number of hydrogen-bond donors (Lipinski definition) is 3. The van der Waals surface area contributed by atoms with Gasteiger partial charge in [0.1, 0.15) is 5.75 Å². The van der Waals surface area contributed by atoms with Crippen molar-refractivity contribution in [3.63, 3.8) is 0 Å². The molecule has 3 N–H and O–H groups in total. The van der Waals surface area contributed by atoms with Crippen molar-refractivity contribution in [3.05, 3.63) is 78.1 Å². The first-order valence-corrected chi connectivity index (χ1v) is 10.6. The second-order valence-corrected chi connectivity index (χ2v) is 7.44. The number of benzene rings is 2. The van der Waals surface area contributed by atoms with Gasteiger partial charge in [-0.05, 0) is 62.2 Å². The minimum absolute atomic E-state index is 0.123. The second kappa shape index (κ2) is 11.2. The van der Waals surface area contributed by atoms with Crippen LogP contribution < -0.4 is 15.4 Å². The van der Waals surface area contributed by atoms with Gasteiger partial charge in [0, 0.05) is 25.5 Å². The van der Waals surface area contributed by atoms with Crippen molar-refractivity contribution < 1.29 is 9.84 Å². The van der Waals surface area contributed by atoms with Crippen LogP contribution in [0, 0.1) is 0 Å². The van der Waals surface area contributed by atoms with Crippen molar-refractivity contribution in [2.24, 2.45) is 4.99 Å². The van der Waals surface area contributed by atoms with E-state index in [0.717, 1.165) is 29.1 Å². The van der Waals surface area contributed by atoms with E-state index in [4.69, 9.17) is 4.74 Å². The SMILES string of the molecule is CCNC(=NCc1ccc(-n2cccn2)cc1)NCC(O)c1ccc(OC(C)C)cc1. The van der Waals surface area contributed by atoms with Crippen molar-refractivity contribution in [1.29, 1.82) is 0 Å². The van der Waals surface area contributed by atoms with Crippen LogP contribution in [0.2, 0.25) is 0 Å². The summed E-state index contributed by atoms with van der Waals surface area (Å²) in [7, 11) is 0. The molecule has 2 aromatic carbocycles. The molecule has 0 spiro atoms. The first kappa shape index (κ1) is 22.4. The molecular formula is C24H31N5O2. The molecule has 164 valence electrons. The van der Waals surface area contributed by atoms with Crippen LogP contribution in [0.3, 0.4) is 0 Å². The van der Waals surface area contributed by atoms with Crippen LogP contribution in [0.15, 0.2) is 72.0 Å². The first-order chi connectivity index (χ1) is 15.0. The molecule has 1 aromatic heterocycles. The Morgan fingerprint density at radius 2 is 1.84 bits per heavy atom. The number of aliphatic hydroxyl groups excluding tert-OH is 1. The molecule has 7 heteroatoms. The van der Waals surface area contributed by atoms with Gasteiger partial charge in [-0.25, -0.2) is 9.67 Å². The number of rotatable bonds is 9. The highest BCUT2D eigenvalue weighted by molar-refractivity contribution is 5.79. The molecule has 0 radical (unpaired) electrons. The monoisotopic (exact) mass is 421 g/mol. The summed E-state index contributed by atoms with van der Waals surface area (Å²) in [6, 6.07) is 17.6. The summed E-state index contributed by atoms with van der Waals surface area (Å²) in [6.07, 6.45) is 3.15. The molecule has 0 aliphatic heterocycles. The first-order valence-electron chi connectivity index (χ1n) is 10.6. The smallest absolute Gasteiger partial charge is 0.191 e. The summed E-state index contributed by atoms with van der Waals surface area (Å²) in [5, 5.41) is 21.2. The van der Waals surface area contributed by atoms with E-state index >= 15 is 0 Å². The van der Waals surface area contributed by atoms with E-state index in [-0.39, 0.29) is 6.10 Å². The van der Waals surface area contributed by atoms with Gasteiger partial charge in [0.15, 0.2) is 5.96 Å². The van der Waals surface area contributed by atoms with Gasteiger partial charge in [-0.2, -0.15) is 5.10 Å². The van der Waals surface area contributed by atoms with Gasteiger partial charge in [0.2, 0.25) is 0 Å². The van der Waals surface area contributed by atoms with Gasteiger partial charge in [0.25, 0.3) is 0 Å². The predicted octanol–water partition coefficient (Wildman–Crippen LogP) is 3.45. The third-order valence-electron chi connectivity index (χ3n) is 4.57. The van der Waals surface area contributed by atoms with Crippen LogP contribution in [0.5, 0.6) is 5.75 Å². The zero-order valence-electron chi connectivity index (χ0n) is 18.3. The van der Waals surface area contributed by atoms with Crippen LogP contribution in [-0.2, 0) is 6.54 Å².